The van der Waals surface area contributed by atoms with Crippen LogP contribution in [0.5, 0.6) is 0 Å². The maximum absolute atomic E-state index is 12.0. The van der Waals surface area contributed by atoms with E-state index in [2.05, 4.69) is 33.5 Å². The van der Waals surface area contributed by atoms with Gasteiger partial charge >= 0.3 is 0 Å². The Morgan fingerprint density at radius 2 is 2.05 bits per heavy atom. The SMILES string of the molecule is CCCC(C)NC(=O)C(C)Nc1ccc(C)cc1Br. The van der Waals surface area contributed by atoms with E-state index in [1.54, 1.807) is 0 Å². The van der Waals surface area contributed by atoms with Crippen molar-refractivity contribution in [3.8, 4) is 0 Å². The van der Waals surface area contributed by atoms with E-state index in [1.807, 2.05) is 39.0 Å². The average molecular weight is 327 g/mol. The third-order valence-corrected chi connectivity index (χ3v) is 3.66. The Bertz CT molecular complexity index is 434. The first-order chi connectivity index (χ1) is 8.93. The van der Waals surface area contributed by atoms with E-state index in [0.29, 0.717) is 0 Å². The summed E-state index contributed by atoms with van der Waals surface area (Å²) in [5.41, 5.74) is 2.13. The summed E-state index contributed by atoms with van der Waals surface area (Å²) in [6.45, 7) is 8.07. The van der Waals surface area contributed by atoms with Crippen molar-refractivity contribution in [2.24, 2.45) is 0 Å². The zero-order chi connectivity index (χ0) is 14.4. The largest absolute Gasteiger partial charge is 0.373 e. The van der Waals surface area contributed by atoms with Crippen LogP contribution in [-0.2, 0) is 4.79 Å². The van der Waals surface area contributed by atoms with Crippen molar-refractivity contribution >= 4 is 27.5 Å². The Morgan fingerprint density at radius 3 is 2.63 bits per heavy atom. The van der Waals surface area contributed by atoms with E-state index in [4.69, 9.17) is 0 Å². The molecule has 1 aromatic rings. The summed E-state index contributed by atoms with van der Waals surface area (Å²) < 4.78 is 0.980. The summed E-state index contributed by atoms with van der Waals surface area (Å²) in [5.74, 6) is 0.0356. The van der Waals surface area contributed by atoms with Crippen LogP contribution in [0.25, 0.3) is 0 Å². The normalized spacial score (nSPS) is 13.7. The molecule has 0 aromatic heterocycles. The van der Waals surface area contributed by atoms with Crippen LogP contribution in [0, 0.1) is 6.92 Å². The van der Waals surface area contributed by atoms with Gasteiger partial charge in [0.2, 0.25) is 5.91 Å². The standard InChI is InChI=1S/C15H23BrN2O/c1-5-6-11(3)17-15(19)12(4)18-14-8-7-10(2)9-13(14)16/h7-9,11-12,18H,5-6H2,1-4H3,(H,17,19). The van der Waals surface area contributed by atoms with Gasteiger partial charge in [-0.3, -0.25) is 4.79 Å². The van der Waals surface area contributed by atoms with Crippen LogP contribution in [0.2, 0.25) is 0 Å². The van der Waals surface area contributed by atoms with Gasteiger partial charge in [0, 0.05) is 16.2 Å². The lowest BCUT2D eigenvalue weighted by atomic mass is 10.1. The second kappa shape index (κ2) is 7.53. The number of anilines is 1. The highest BCUT2D eigenvalue weighted by atomic mass is 79.9. The lowest BCUT2D eigenvalue weighted by molar-refractivity contribution is -0.122. The predicted octanol–water partition coefficient (Wildman–Crippen LogP) is 3.86. The minimum atomic E-state index is -0.252. The van der Waals surface area contributed by atoms with Crippen molar-refractivity contribution in [3.63, 3.8) is 0 Å². The lowest BCUT2D eigenvalue weighted by Crippen LogP contribution is -2.42. The molecule has 0 saturated heterocycles. The highest BCUT2D eigenvalue weighted by Gasteiger charge is 2.15. The van der Waals surface area contributed by atoms with Crippen LogP contribution in [-0.4, -0.2) is 18.0 Å². The van der Waals surface area contributed by atoms with Gasteiger partial charge in [0.05, 0.1) is 0 Å². The Labute approximate surface area is 124 Å². The molecule has 0 fully saturated rings. The molecule has 0 spiro atoms. The van der Waals surface area contributed by atoms with Crippen molar-refractivity contribution in [1.29, 1.82) is 0 Å². The fourth-order valence-electron chi connectivity index (χ4n) is 1.91. The second-order valence-electron chi connectivity index (χ2n) is 5.05. The Hall–Kier alpha value is -1.03. The molecule has 0 aliphatic heterocycles. The fourth-order valence-corrected chi connectivity index (χ4v) is 2.52. The highest BCUT2D eigenvalue weighted by molar-refractivity contribution is 9.10. The number of halogens is 1. The maximum atomic E-state index is 12.0. The molecule has 2 atom stereocenters. The number of carbonyl (C=O) groups excluding carboxylic acids is 1. The number of hydrogen-bond acceptors (Lipinski definition) is 2. The number of hydrogen-bond donors (Lipinski definition) is 2. The van der Waals surface area contributed by atoms with Gasteiger partial charge in [0.1, 0.15) is 6.04 Å². The number of amides is 1. The molecule has 106 valence electrons. The van der Waals surface area contributed by atoms with Gasteiger partial charge in [0.25, 0.3) is 0 Å². The third-order valence-electron chi connectivity index (χ3n) is 3.00. The molecule has 0 aliphatic rings. The molecule has 0 bridgehead atoms. The molecule has 3 nitrogen and oxygen atoms in total. The smallest absolute Gasteiger partial charge is 0.242 e. The minimum Gasteiger partial charge on any atom is -0.373 e. The molecule has 0 saturated carbocycles. The number of carbonyl (C=O) groups is 1. The first kappa shape index (κ1) is 16.0. The van der Waals surface area contributed by atoms with E-state index in [-0.39, 0.29) is 18.0 Å². The van der Waals surface area contributed by atoms with Crippen LogP contribution in [0.1, 0.15) is 39.2 Å². The minimum absolute atomic E-state index is 0.0356. The van der Waals surface area contributed by atoms with Gasteiger partial charge in [-0.1, -0.05) is 19.4 Å². The van der Waals surface area contributed by atoms with Gasteiger partial charge in [0.15, 0.2) is 0 Å². The molecule has 2 unspecified atom stereocenters. The number of nitrogens with one attached hydrogen (secondary N) is 2. The predicted molar refractivity (Wildman–Crippen MR) is 84.5 cm³/mol. The molecule has 1 rings (SSSR count). The summed E-state index contributed by atoms with van der Waals surface area (Å²) in [5, 5.41) is 6.24. The van der Waals surface area contributed by atoms with Crippen LogP contribution < -0.4 is 10.6 Å². The summed E-state index contributed by atoms with van der Waals surface area (Å²) in [6.07, 6.45) is 2.08. The monoisotopic (exact) mass is 326 g/mol. The van der Waals surface area contributed by atoms with Crippen molar-refractivity contribution in [2.75, 3.05) is 5.32 Å². The number of rotatable bonds is 6. The zero-order valence-electron chi connectivity index (χ0n) is 12.1. The summed E-state index contributed by atoms with van der Waals surface area (Å²) in [6, 6.07) is 6.02. The van der Waals surface area contributed by atoms with Crippen molar-refractivity contribution in [3.05, 3.63) is 28.2 Å². The molecule has 1 amide bonds. The second-order valence-corrected chi connectivity index (χ2v) is 5.90. The van der Waals surface area contributed by atoms with E-state index >= 15 is 0 Å². The molecular formula is C15H23BrN2O. The molecule has 1 aromatic carbocycles. The van der Waals surface area contributed by atoms with Crippen LogP contribution in [0.3, 0.4) is 0 Å². The molecular weight excluding hydrogens is 304 g/mol. The van der Waals surface area contributed by atoms with E-state index < -0.39 is 0 Å². The Balaban J connectivity index is 2.58. The Morgan fingerprint density at radius 1 is 1.37 bits per heavy atom. The third kappa shape index (κ3) is 5.23. The molecule has 2 N–H and O–H groups in total. The number of aryl methyl sites for hydroxylation is 1. The quantitative estimate of drug-likeness (QED) is 0.833. The molecule has 0 heterocycles. The summed E-state index contributed by atoms with van der Waals surface area (Å²) in [7, 11) is 0. The van der Waals surface area contributed by atoms with Gasteiger partial charge in [-0.15, -0.1) is 0 Å². The number of benzene rings is 1. The van der Waals surface area contributed by atoms with Crippen molar-refractivity contribution in [1.82, 2.24) is 5.32 Å². The van der Waals surface area contributed by atoms with E-state index in [0.717, 1.165) is 23.0 Å². The van der Waals surface area contributed by atoms with Crippen LogP contribution >= 0.6 is 15.9 Å². The average Bonchev–Trinajstić information content (AvgIpc) is 2.32. The highest BCUT2D eigenvalue weighted by Crippen LogP contribution is 2.23. The molecule has 0 aliphatic carbocycles. The lowest BCUT2D eigenvalue weighted by Gasteiger charge is -2.19. The topological polar surface area (TPSA) is 41.1 Å². The van der Waals surface area contributed by atoms with Gasteiger partial charge in [-0.25, -0.2) is 0 Å². The Kier molecular flexibility index (Phi) is 6.35. The van der Waals surface area contributed by atoms with Crippen molar-refractivity contribution < 1.29 is 4.79 Å². The fraction of sp³-hybridized carbons (Fsp3) is 0.533. The first-order valence-electron chi connectivity index (χ1n) is 6.77. The zero-order valence-corrected chi connectivity index (χ0v) is 13.7. The molecule has 4 heteroatoms. The first-order valence-corrected chi connectivity index (χ1v) is 7.56. The molecule has 0 radical (unpaired) electrons. The van der Waals surface area contributed by atoms with Gasteiger partial charge < -0.3 is 10.6 Å². The van der Waals surface area contributed by atoms with E-state index in [1.165, 1.54) is 5.56 Å². The summed E-state index contributed by atoms with van der Waals surface area (Å²) in [4.78, 5) is 12.0. The van der Waals surface area contributed by atoms with Crippen LogP contribution in [0.15, 0.2) is 22.7 Å². The van der Waals surface area contributed by atoms with Gasteiger partial charge in [-0.05, 0) is 60.8 Å². The summed E-state index contributed by atoms with van der Waals surface area (Å²) >= 11 is 3.51. The maximum Gasteiger partial charge on any atom is 0.242 e. The van der Waals surface area contributed by atoms with Gasteiger partial charge in [-0.2, -0.15) is 0 Å². The van der Waals surface area contributed by atoms with E-state index in [9.17, 15) is 4.79 Å². The molecule has 19 heavy (non-hydrogen) atoms. The van der Waals surface area contributed by atoms with Crippen LogP contribution in [0.4, 0.5) is 5.69 Å². The van der Waals surface area contributed by atoms with Crippen molar-refractivity contribution in [2.45, 2.75) is 52.6 Å².